The Hall–Kier alpha value is -1.26. The van der Waals surface area contributed by atoms with E-state index in [0.717, 1.165) is 26.1 Å². The zero-order chi connectivity index (χ0) is 13.3. The van der Waals surface area contributed by atoms with Crippen molar-refractivity contribution in [1.29, 1.82) is 0 Å². The van der Waals surface area contributed by atoms with Gasteiger partial charge in [0.1, 0.15) is 0 Å². The van der Waals surface area contributed by atoms with E-state index in [2.05, 4.69) is 28.1 Å². The van der Waals surface area contributed by atoms with Crippen molar-refractivity contribution in [3.05, 3.63) is 35.9 Å². The number of carbonyl (C=O) groups excluding carboxylic acids is 1. The Morgan fingerprint density at radius 1 is 1.25 bits per heavy atom. The van der Waals surface area contributed by atoms with Crippen molar-refractivity contribution in [2.45, 2.75) is 19.3 Å². The van der Waals surface area contributed by atoms with Crippen LogP contribution in [-0.4, -0.2) is 32.2 Å². The van der Waals surface area contributed by atoms with Gasteiger partial charge in [-0.2, -0.15) is 0 Å². The fourth-order valence-corrected chi connectivity index (χ4v) is 2.36. The van der Waals surface area contributed by atoms with Crippen molar-refractivity contribution in [1.82, 2.24) is 16.0 Å². The van der Waals surface area contributed by atoms with Gasteiger partial charge in [-0.15, -0.1) is 12.4 Å². The zero-order valence-electron chi connectivity index (χ0n) is 11.7. The summed E-state index contributed by atoms with van der Waals surface area (Å²) in [6, 6.07) is 10.1. The molecule has 1 heterocycles. The predicted molar refractivity (Wildman–Crippen MR) is 84.4 cm³/mol. The van der Waals surface area contributed by atoms with Crippen LogP contribution in [0, 0.1) is 5.92 Å². The minimum atomic E-state index is -0.0542. The number of rotatable bonds is 5. The van der Waals surface area contributed by atoms with E-state index in [1.807, 2.05) is 18.2 Å². The highest BCUT2D eigenvalue weighted by atomic mass is 35.5. The molecule has 1 aliphatic heterocycles. The van der Waals surface area contributed by atoms with Gasteiger partial charge in [-0.1, -0.05) is 30.3 Å². The van der Waals surface area contributed by atoms with Gasteiger partial charge >= 0.3 is 6.03 Å². The van der Waals surface area contributed by atoms with E-state index >= 15 is 0 Å². The minimum absolute atomic E-state index is 0. The number of benzene rings is 1. The summed E-state index contributed by atoms with van der Waals surface area (Å²) in [6.45, 7) is 3.58. The summed E-state index contributed by atoms with van der Waals surface area (Å²) in [5.41, 5.74) is 1.25. The second-order valence-corrected chi connectivity index (χ2v) is 5.08. The predicted octanol–water partition coefficient (Wildman–Crippen LogP) is 1.95. The van der Waals surface area contributed by atoms with E-state index in [4.69, 9.17) is 0 Å². The average Bonchev–Trinajstić information content (AvgIpc) is 2.47. The molecule has 0 radical (unpaired) electrons. The van der Waals surface area contributed by atoms with Crippen LogP contribution in [0.1, 0.15) is 18.4 Å². The number of hydrogen-bond acceptors (Lipinski definition) is 2. The van der Waals surface area contributed by atoms with E-state index in [9.17, 15) is 4.79 Å². The first-order chi connectivity index (χ1) is 9.34. The summed E-state index contributed by atoms with van der Waals surface area (Å²) in [5.74, 6) is 0.577. The fraction of sp³-hybridized carbons (Fsp3) is 0.533. The molecular formula is C15H24ClN3O. The average molecular weight is 298 g/mol. The molecule has 1 saturated heterocycles. The van der Waals surface area contributed by atoms with Crippen molar-refractivity contribution < 1.29 is 4.79 Å². The standard InChI is InChI=1S/C15H23N3O.ClH/c19-15(18-12-14-7-4-9-16-11-14)17-10-8-13-5-2-1-3-6-13;/h1-3,5-6,14,16H,4,7-12H2,(H2,17,18,19);1H. The lowest BCUT2D eigenvalue weighted by Gasteiger charge is -2.22. The van der Waals surface area contributed by atoms with Gasteiger partial charge in [0, 0.05) is 13.1 Å². The lowest BCUT2D eigenvalue weighted by Crippen LogP contribution is -2.42. The highest BCUT2D eigenvalue weighted by Crippen LogP contribution is 2.07. The van der Waals surface area contributed by atoms with Crippen LogP contribution in [0.4, 0.5) is 4.79 Å². The van der Waals surface area contributed by atoms with E-state index in [1.165, 1.54) is 18.4 Å². The molecule has 3 N–H and O–H groups in total. The first-order valence-corrected chi connectivity index (χ1v) is 7.11. The van der Waals surface area contributed by atoms with Crippen LogP contribution >= 0.6 is 12.4 Å². The number of hydrogen-bond donors (Lipinski definition) is 3. The molecule has 0 aromatic heterocycles. The van der Waals surface area contributed by atoms with Crippen LogP contribution in [-0.2, 0) is 6.42 Å². The lowest BCUT2D eigenvalue weighted by atomic mass is 10.00. The molecule has 5 heteroatoms. The maximum absolute atomic E-state index is 11.6. The smallest absolute Gasteiger partial charge is 0.314 e. The third kappa shape index (κ3) is 6.26. The molecule has 0 bridgehead atoms. The first kappa shape index (κ1) is 16.8. The molecule has 0 aliphatic carbocycles. The lowest BCUT2D eigenvalue weighted by molar-refractivity contribution is 0.237. The summed E-state index contributed by atoms with van der Waals surface area (Å²) in [7, 11) is 0. The number of piperidine rings is 1. The largest absolute Gasteiger partial charge is 0.338 e. The Balaban J connectivity index is 0.00000200. The number of halogens is 1. The van der Waals surface area contributed by atoms with Crippen LogP contribution in [0.2, 0.25) is 0 Å². The molecule has 1 aliphatic rings. The minimum Gasteiger partial charge on any atom is -0.338 e. The van der Waals surface area contributed by atoms with E-state index in [0.29, 0.717) is 12.5 Å². The molecule has 112 valence electrons. The maximum atomic E-state index is 11.6. The Bertz CT molecular complexity index is 380. The van der Waals surface area contributed by atoms with Crippen LogP contribution in [0.3, 0.4) is 0 Å². The van der Waals surface area contributed by atoms with Gasteiger partial charge < -0.3 is 16.0 Å². The molecule has 1 unspecified atom stereocenters. The molecule has 2 rings (SSSR count). The van der Waals surface area contributed by atoms with Gasteiger partial charge in [0.25, 0.3) is 0 Å². The van der Waals surface area contributed by atoms with Crippen molar-refractivity contribution in [2.24, 2.45) is 5.92 Å². The second-order valence-electron chi connectivity index (χ2n) is 5.08. The van der Waals surface area contributed by atoms with E-state index in [-0.39, 0.29) is 18.4 Å². The monoisotopic (exact) mass is 297 g/mol. The van der Waals surface area contributed by atoms with Crippen molar-refractivity contribution in [2.75, 3.05) is 26.2 Å². The molecule has 4 nitrogen and oxygen atoms in total. The summed E-state index contributed by atoms with van der Waals surface area (Å²) in [6.07, 6.45) is 3.29. The van der Waals surface area contributed by atoms with Gasteiger partial charge in [0.2, 0.25) is 0 Å². The quantitative estimate of drug-likeness (QED) is 0.778. The highest BCUT2D eigenvalue weighted by molar-refractivity contribution is 5.85. The highest BCUT2D eigenvalue weighted by Gasteiger charge is 2.13. The van der Waals surface area contributed by atoms with Crippen molar-refractivity contribution in [3.63, 3.8) is 0 Å². The maximum Gasteiger partial charge on any atom is 0.314 e. The number of carbonyl (C=O) groups is 1. The molecule has 0 spiro atoms. The topological polar surface area (TPSA) is 53.2 Å². The Kier molecular flexibility index (Phi) is 8.07. The first-order valence-electron chi connectivity index (χ1n) is 7.11. The molecule has 1 atom stereocenters. The van der Waals surface area contributed by atoms with Gasteiger partial charge in [-0.05, 0) is 43.8 Å². The van der Waals surface area contributed by atoms with E-state index in [1.54, 1.807) is 0 Å². The Labute approximate surface area is 127 Å². The van der Waals surface area contributed by atoms with Crippen LogP contribution in [0.15, 0.2) is 30.3 Å². The second kappa shape index (κ2) is 9.61. The summed E-state index contributed by atoms with van der Waals surface area (Å²) in [4.78, 5) is 11.6. The third-order valence-electron chi connectivity index (χ3n) is 3.49. The molecule has 0 saturated carbocycles. The van der Waals surface area contributed by atoms with E-state index < -0.39 is 0 Å². The molecule has 1 aromatic carbocycles. The Morgan fingerprint density at radius 3 is 2.75 bits per heavy atom. The molecule has 1 fully saturated rings. The van der Waals surface area contributed by atoms with Gasteiger partial charge in [0.05, 0.1) is 0 Å². The Morgan fingerprint density at radius 2 is 2.05 bits per heavy atom. The van der Waals surface area contributed by atoms with Crippen LogP contribution in [0.5, 0.6) is 0 Å². The van der Waals surface area contributed by atoms with Gasteiger partial charge in [-0.3, -0.25) is 0 Å². The summed E-state index contributed by atoms with van der Waals surface area (Å²) in [5, 5.41) is 9.20. The van der Waals surface area contributed by atoms with Crippen LogP contribution < -0.4 is 16.0 Å². The summed E-state index contributed by atoms with van der Waals surface area (Å²) >= 11 is 0. The van der Waals surface area contributed by atoms with Crippen molar-refractivity contribution >= 4 is 18.4 Å². The number of nitrogens with one attached hydrogen (secondary N) is 3. The molecule has 2 amide bonds. The normalized spacial score (nSPS) is 17.9. The van der Waals surface area contributed by atoms with Gasteiger partial charge in [0.15, 0.2) is 0 Å². The molecule has 20 heavy (non-hydrogen) atoms. The SMILES string of the molecule is Cl.O=C(NCCc1ccccc1)NCC1CCCNC1. The zero-order valence-corrected chi connectivity index (χ0v) is 12.5. The molecule has 1 aromatic rings. The van der Waals surface area contributed by atoms with Gasteiger partial charge in [-0.25, -0.2) is 4.79 Å². The fourth-order valence-electron chi connectivity index (χ4n) is 2.36. The van der Waals surface area contributed by atoms with Crippen molar-refractivity contribution in [3.8, 4) is 0 Å². The summed E-state index contributed by atoms with van der Waals surface area (Å²) < 4.78 is 0. The number of amides is 2. The molecular weight excluding hydrogens is 274 g/mol. The third-order valence-corrected chi connectivity index (χ3v) is 3.49. The number of urea groups is 1. The van der Waals surface area contributed by atoms with Crippen LogP contribution in [0.25, 0.3) is 0 Å².